The highest BCUT2D eigenvalue weighted by atomic mass is 16.5. The molecule has 0 spiro atoms. The van der Waals surface area contributed by atoms with Crippen molar-refractivity contribution in [1.82, 2.24) is 15.0 Å². The van der Waals surface area contributed by atoms with Crippen LogP contribution in [-0.2, 0) is 11.3 Å². The molecule has 1 heterocycles. The van der Waals surface area contributed by atoms with Crippen LogP contribution >= 0.6 is 0 Å². The van der Waals surface area contributed by atoms with Gasteiger partial charge in [0.05, 0.1) is 23.3 Å². The average Bonchev–Trinajstić information content (AvgIpc) is 2.63. The van der Waals surface area contributed by atoms with Crippen LogP contribution in [0.3, 0.4) is 0 Å². The summed E-state index contributed by atoms with van der Waals surface area (Å²) in [6.07, 6.45) is 0. The molecule has 2 N–H and O–H groups in total. The standard InChI is InChI=1S/C11H16N4O/c1-11(2,16-3)7-15-9-6-4-5-8(12)10(9)13-14-15/h4-6H,7,12H2,1-3H3. The van der Waals surface area contributed by atoms with E-state index < -0.39 is 0 Å². The highest BCUT2D eigenvalue weighted by Gasteiger charge is 2.19. The number of anilines is 1. The molecule has 0 atom stereocenters. The largest absolute Gasteiger partial charge is 0.397 e. The van der Waals surface area contributed by atoms with Gasteiger partial charge in [-0.25, -0.2) is 4.68 Å². The summed E-state index contributed by atoms with van der Waals surface area (Å²) in [4.78, 5) is 0. The number of fused-ring (bicyclic) bond motifs is 1. The van der Waals surface area contributed by atoms with Crippen molar-refractivity contribution in [3.63, 3.8) is 0 Å². The quantitative estimate of drug-likeness (QED) is 0.795. The summed E-state index contributed by atoms with van der Waals surface area (Å²) in [5.41, 5.74) is 7.88. The molecule has 0 radical (unpaired) electrons. The molecule has 0 unspecified atom stereocenters. The van der Waals surface area contributed by atoms with E-state index in [2.05, 4.69) is 10.3 Å². The highest BCUT2D eigenvalue weighted by molar-refractivity contribution is 5.86. The minimum absolute atomic E-state index is 0.273. The third-order valence-corrected chi connectivity index (χ3v) is 2.66. The van der Waals surface area contributed by atoms with Crippen molar-refractivity contribution in [3.8, 4) is 0 Å². The van der Waals surface area contributed by atoms with Gasteiger partial charge in [-0.15, -0.1) is 5.10 Å². The average molecular weight is 220 g/mol. The number of ether oxygens (including phenoxy) is 1. The summed E-state index contributed by atoms with van der Waals surface area (Å²) in [7, 11) is 1.69. The third kappa shape index (κ3) is 1.86. The Morgan fingerprint density at radius 1 is 1.44 bits per heavy atom. The fourth-order valence-corrected chi connectivity index (χ4v) is 1.55. The molecule has 0 aliphatic rings. The smallest absolute Gasteiger partial charge is 0.136 e. The van der Waals surface area contributed by atoms with Crippen LogP contribution in [0.5, 0.6) is 0 Å². The number of rotatable bonds is 3. The van der Waals surface area contributed by atoms with E-state index in [0.29, 0.717) is 12.2 Å². The zero-order valence-corrected chi connectivity index (χ0v) is 9.77. The van der Waals surface area contributed by atoms with Gasteiger partial charge in [-0.05, 0) is 26.0 Å². The fraction of sp³-hybridized carbons (Fsp3) is 0.455. The first-order chi connectivity index (χ1) is 7.53. The molecule has 0 saturated heterocycles. The maximum atomic E-state index is 5.82. The second kappa shape index (κ2) is 3.75. The van der Waals surface area contributed by atoms with Crippen molar-refractivity contribution in [1.29, 1.82) is 0 Å². The molecule has 0 amide bonds. The van der Waals surface area contributed by atoms with E-state index in [1.165, 1.54) is 0 Å². The van der Waals surface area contributed by atoms with Crippen LogP contribution in [0.1, 0.15) is 13.8 Å². The van der Waals surface area contributed by atoms with E-state index in [0.717, 1.165) is 11.0 Å². The highest BCUT2D eigenvalue weighted by Crippen LogP contribution is 2.20. The van der Waals surface area contributed by atoms with Crippen molar-refractivity contribution in [2.75, 3.05) is 12.8 Å². The van der Waals surface area contributed by atoms with Crippen LogP contribution in [0.15, 0.2) is 18.2 Å². The lowest BCUT2D eigenvalue weighted by molar-refractivity contribution is 0.00601. The maximum absolute atomic E-state index is 5.82. The lowest BCUT2D eigenvalue weighted by Crippen LogP contribution is -2.29. The molecule has 0 fully saturated rings. The van der Waals surface area contributed by atoms with E-state index in [4.69, 9.17) is 10.5 Å². The van der Waals surface area contributed by atoms with E-state index in [1.807, 2.05) is 36.7 Å². The number of methoxy groups -OCH3 is 1. The summed E-state index contributed by atoms with van der Waals surface area (Å²) in [5.74, 6) is 0. The second-order valence-electron chi connectivity index (χ2n) is 4.43. The normalized spacial score (nSPS) is 12.2. The van der Waals surface area contributed by atoms with Crippen LogP contribution in [0.25, 0.3) is 11.0 Å². The number of nitrogens with two attached hydrogens (primary N) is 1. The van der Waals surface area contributed by atoms with Gasteiger partial charge in [-0.3, -0.25) is 0 Å². The van der Waals surface area contributed by atoms with E-state index >= 15 is 0 Å². The Labute approximate surface area is 94.2 Å². The monoisotopic (exact) mass is 220 g/mol. The van der Waals surface area contributed by atoms with E-state index in [9.17, 15) is 0 Å². The molecule has 0 bridgehead atoms. The van der Waals surface area contributed by atoms with Gasteiger partial charge in [0.2, 0.25) is 0 Å². The fourth-order valence-electron chi connectivity index (χ4n) is 1.55. The Balaban J connectivity index is 2.43. The van der Waals surface area contributed by atoms with Gasteiger partial charge >= 0.3 is 0 Å². The zero-order chi connectivity index (χ0) is 11.8. The number of nitrogens with zero attached hydrogens (tertiary/aromatic N) is 3. The maximum Gasteiger partial charge on any atom is 0.136 e. The van der Waals surface area contributed by atoms with Crippen molar-refractivity contribution < 1.29 is 4.74 Å². The van der Waals surface area contributed by atoms with Gasteiger partial charge in [0.1, 0.15) is 5.52 Å². The number of hydrogen-bond acceptors (Lipinski definition) is 4. The van der Waals surface area contributed by atoms with Crippen LogP contribution < -0.4 is 5.73 Å². The summed E-state index contributed by atoms with van der Waals surface area (Å²) in [6.45, 7) is 4.66. The zero-order valence-electron chi connectivity index (χ0n) is 9.77. The molecule has 2 rings (SSSR count). The lowest BCUT2D eigenvalue weighted by Gasteiger charge is -2.22. The summed E-state index contributed by atoms with van der Waals surface area (Å²) >= 11 is 0. The molecule has 5 nitrogen and oxygen atoms in total. The molecular formula is C11H16N4O. The van der Waals surface area contributed by atoms with Crippen LogP contribution in [0.2, 0.25) is 0 Å². The van der Waals surface area contributed by atoms with Crippen molar-refractivity contribution in [2.45, 2.75) is 26.0 Å². The van der Waals surface area contributed by atoms with Gasteiger partial charge in [0.25, 0.3) is 0 Å². The lowest BCUT2D eigenvalue weighted by atomic mass is 10.1. The first-order valence-electron chi connectivity index (χ1n) is 5.16. The minimum atomic E-state index is -0.273. The van der Waals surface area contributed by atoms with Gasteiger partial charge in [-0.2, -0.15) is 0 Å². The SMILES string of the molecule is COC(C)(C)Cn1nnc2c(N)cccc21. The molecule has 5 heteroatoms. The molecule has 0 aliphatic heterocycles. The van der Waals surface area contributed by atoms with Gasteiger partial charge in [-0.1, -0.05) is 11.3 Å². The first-order valence-corrected chi connectivity index (χ1v) is 5.16. The summed E-state index contributed by atoms with van der Waals surface area (Å²) < 4.78 is 7.18. The number of hydrogen-bond donors (Lipinski definition) is 1. The predicted octanol–water partition coefficient (Wildman–Crippen LogP) is 1.44. The summed E-state index contributed by atoms with van der Waals surface area (Å²) in [5, 5.41) is 8.17. The van der Waals surface area contributed by atoms with Crippen LogP contribution in [0, 0.1) is 0 Å². The Morgan fingerprint density at radius 2 is 2.19 bits per heavy atom. The molecule has 2 aromatic rings. The minimum Gasteiger partial charge on any atom is -0.397 e. The Bertz CT molecular complexity index is 504. The molecule has 0 saturated carbocycles. The third-order valence-electron chi connectivity index (χ3n) is 2.66. The number of nitrogen functional groups attached to an aromatic ring is 1. The van der Waals surface area contributed by atoms with Crippen molar-refractivity contribution >= 4 is 16.7 Å². The van der Waals surface area contributed by atoms with Crippen LogP contribution in [-0.4, -0.2) is 27.7 Å². The second-order valence-corrected chi connectivity index (χ2v) is 4.43. The molecule has 1 aromatic heterocycles. The Morgan fingerprint density at radius 3 is 2.88 bits per heavy atom. The molecule has 1 aromatic carbocycles. The van der Waals surface area contributed by atoms with E-state index in [1.54, 1.807) is 7.11 Å². The van der Waals surface area contributed by atoms with Gasteiger partial charge < -0.3 is 10.5 Å². The van der Waals surface area contributed by atoms with Crippen molar-refractivity contribution in [2.24, 2.45) is 0 Å². The topological polar surface area (TPSA) is 66.0 Å². The predicted molar refractivity (Wildman–Crippen MR) is 63.0 cm³/mol. The number of aromatic nitrogens is 3. The molecule has 0 aliphatic carbocycles. The molecule has 16 heavy (non-hydrogen) atoms. The first kappa shape index (κ1) is 10.9. The Hall–Kier alpha value is -1.62. The summed E-state index contributed by atoms with van der Waals surface area (Å²) in [6, 6.07) is 5.68. The molecular weight excluding hydrogens is 204 g/mol. The van der Waals surface area contributed by atoms with Gasteiger partial charge in [0.15, 0.2) is 0 Å². The Kier molecular flexibility index (Phi) is 2.55. The van der Waals surface area contributed by atoms with Crippen molar-refractivity contribution in [3.05, 3.63) is 18.2 Å². The van der Waals surface area contributed by atoms with E-state index in [-0.39, 0.29) is 5.60 Å². The number of benzene rings is 1. The van der Waals surface area contributed by atoms with Gasteiger partial charge in [0, 0.05) is 7.11 Å². The molecule has 86 valence electrons. The van der Waals surface area contributed by atoms with Crippen LogP contribution in [0.4, 0.5) is 5.69 Å².